The maximum absolute atomic E-state index is 5.57. The molecule has 2 aromatic heterocycles. The molecule has 2 heterocycles. The molecule has 0 aliphatic carbocycles. The average molecular weight is 218 g/mol. The Morgan fingerprint density at radius 2 is 2.20 bits per heavy atom. The predicted molar refractivity (Wildman–Crippen MR) is 62.0 cm³/mol. The van der Waals surface area contributed by atoms with Gasteiger partial charge in [-0.15, -0.1) is 0 Å². The zero-order valence-corrected chi connectivity index (χ0v) is 9.03. The maximum atomic E-state index is 5.57. The number of nitrogens with zero attached hydrogens (tertiary/aromatic N) is 3. The highest BCUT2D eigenvalue weighted by Crippen LogP contribution is 2.11. The molecule has 0 spiro atoms. The molecule has 2 rings (SSSR count). The van der Waals surface area contributed by atoms with E-state index in [1.54, 1.807) is 23.2 Å². The summed E-state index contributed by atoms with van der Waals surface area (Å²) in [7, 11) is 0. The lowest BCUT2D eigenvalue weighted by Crippen LogP contribution is -2.16. The largest absolute Gasteiger partial charge is 0.387 e. The van der Waals surface area contributed by atoms with E-state index in [1.165, 1.54) is 0 Å². The van der Waals surface area contributed by atoms with Crippen LogP contribution in [0, 0.1) is 6.92 Å². The SMILES string of the molecule is Cc1cccnc1-n1ccnc1C(N)=S. The molecule has 0 radical (unpaired) electrons. The Labute approximate surface area is 92.8 Å². The van der Waals surface area contributed by atoms with Gasteiger partial charge >= 0.3 is 0 Å². The second kappa shape index (κ2) is 3.78. The van der Waals surface area contributed by atoms with Crippen LogP contribution in [0.4, 0.5) is 0 Å². The molecule has 0 fully saturated rings. The highest BCUT2D eigenvalue weighted by Gasteiger charge is 2.09. The predicted octanol–water partition coefficient (Wildman–Crippen LogP) is 1.21. The van der Waals surface area contributed by atoms with Crippen LogP contribution in [-0.2, 0) is 0 Å². The molecule has 0 amide bonds. The number of rotatable bonds is 2. The fourth-order valence-corrected chi connectivity index (χ4v) is 1.54. The fraction of sp³-hybridized carbons (Fsp3) is 0.100. The second-order valence-corrected chi connectivity index (χ2v) is 3.57. The summed E-state index contributed by atoms with van der Waals surface area (Å²) < 4.78 is 1.79. The van der Waals surface area contributed by atoms with Gasteiger partial charge in [0.2, 0.25) is 0 Å². The molecular weight excluding hydrogens is 208 g/mol. The van der Waals surface area contributed by atoms with Gasteiger partial charge in [0.15, 0.2) is 5.82 Å². The van der Waals surface area contributed by atoms with Gasteiger partial charge in [-0.05, 0) is 18.6 Å². The van der Waals surface area contributed by atoms with Gasteiger partial charge in [0.05, 0.1) is 0 Å². The van der Waals surface area contributed by atoms with Crippen LogP contribution in [-0.4, -0.2) is 19.5 Å². The van der Waals surface area contributed by atoms with E-state index in [9.17, 15) is 0 Å². The van der Waals surface area contributed by atoms with Crippen LogP contribution in [0.1, 0.15) is 11.4 Å². The Kier molecular flexibility index (Phi) is 2.47. The van der Waals surface area contributed by atoms with Crippen LogP contribution in [0.5, 0.6) is 0 Å². The van der Waals surface area contributed by atoms with E-state index in [1.807, 2.05) is 19.1 Å². The summed E-state index contributed by atoms with van der Waals surface area (Å²) in [6, 6.07) is 3.86. The minimum Gasteiger partial charge on any atom is -0.387 e. The molecular formula is C10H10N4S. The third-order valence-corrected chi connectivity index (χ3v) is 2.25. The lowest BCUT2D eigenvalue weighted by atomic mass is 10.3. The Hall–Kier alpha value is -1.75. The highest BCUT2D eigenvalue weighted by molar-refractivity contribution is 7.80. The number of thiocarbonyl (C=S) groups is 1. The number of imidazole rings is 1. The normalized spacial score (nSPS) is 10.2. The minimum absolute atomic E-state index is 0.269. The molecule has 0 atom stereocenters. The van der Waals surface area contributed by atoms with Gasteiger partial charge in [-0.25, -0.2) is 9.97 Å². The van der Waals surface area contributed by atoms with E-state index < -0.39 is 0 Å². The quantitative estimate of drug-likeness (QED) is 0.770. The number of nitrogens with two attached hydrogens (primary N) is 1. The van der Waals surface area contributed by atoms with Crippen molar-refractivity contribution in [2.45, 2.75) is 6.92 Å². The standard InChI is InChI=1S/C10H10N4S/c1-7-3-2-4-12-9(7)14-6-5-13-10(14)8(11)15/h2-6H,1H3,(H2,11,15). The zero-order chi connectivity index (χ0) is 10.8. The second-order valence-electron chi connectivity index (χ2n) is 3.13. The lowest BCUT2D eigenvalue weighted by molar-refractivity contribution is 0.961. The van der Waals surface area contributed by atoms with Crippen LogP contribution in [0.2, 0.25) is 0 Å². The lowest BCUT2D eigenvalue weighted by Gasteiger charge is -2.07. The molecule has 76 valence electrons. The summed E-state index contributed by atoms with van der Waals surface area (Å²) in [5, 5.41) is 0. The first-order valence-electron chi connectivity index (χ1n) is 4.45. The van der Waals surface area contributed by atoms with E-state index in [0.29, 0.717) is 5.82 Å². The maximum Gasteiger partial charge on any atom is 0.173 e. The number of aromatic nitrogens is 3. The molecule has 0 unspecified atom stereocenters. The molecule has 0 aromatic carbocycles. The zero-order valence-electron chi connectivity index (χ0n) is 8.21. The van der Waals surface area contributed by atoms with Gasteiger partial charge in [0.25, 0.3) is 0 Å². The molecule has 5 heteroatoms. The Bertz CT molecular complexity index is 504. The number of pyridine rings is 1. The van der Waals surface area contributed by atoms with Gasteiger partial charge < -0.3 is 5.73 Å². The van der Waals surface area contributed by atoms with Crippen molar-refractivity contribution in [3.05, 3.63) is 42.1 Å². The first kappa shape index (κ1) is 9.79. The third kappa shape index (κ3) is 1.73. The molecule has 15 heavy (non-hydrogen) atoms. The van der Waals surface area contributed by atoms with Crippen molar-refractivity contribution >= 4 is 17.2 Å². The Morgan fingerprint density at radius 1 is 1.40 bits per heavy atom. The molecule has 0 aliphatic rings. The van der Waals surface area contributed by atoms with Crippen molar-refractivity contribution in [1.82, 2.24) is 14.5 Å². The van der Waals surface area contributed by atoms with E-state index in [-0.39, 0.29) is 4.99 Å². The van der Waals surface area contributed by atoms with Crippen molar-refractivity contribution in [2.75, 3.05) is 0 Å². The van der Waals surface area contributed by atoms with Crippen molar-refractivity contribution in [3.63, 3.8) is 0 Å². The van der Waals surface area contributed by atoms with Crippen molar-refractivity contribution < 1.29 is 0 Å². The van der Waals surface area contributed by atoms with Crippen molar-refractivity contribution in [2.24, 2.45) is 5.73 Å². The van der Waals surface area contributed by atoms with Crippen LogP contribution >= 0.6 is 12.2 Å². The minimum atomic E-state index is 0.269. The van der Waals surface area contributed by atoms with Crippen LogP contribution in [0.15, 0.2) is 30.7 Å². The third-order valence-electron chi connectivity index (χ3n) is 2.07. The highest BCUT2D eigenvalue weighted by atomic mass is 32.1. The summed E-state index contributed by atoms with van der Waals surface area (Å²) in [4.78, 5) is 8.63. The number of aryl methyl sites for hydroxylation is 1. The molecule has 2 N–H and O–H groups in total. The molecule has 0 bridgehead atoms. The molecule has 0 saturated carbocycles. The average Bonchev–Trinajstić information content (AvgIpc) is 2.67. The smallest absolute Gasteiger partial charge is 0.173 e. The molecule has 0 aliphatic heterocycles. The van der Waals surface area contributed by atoms with Crippen LogP contribution in [0.3, 0.4) is 0 Å². The fourth-order valence-electron chi connectivity index (χ4n) is 1.39. The molecule has 0 saturated heterocycles. The van der Waals surface area contributed by atoms with Crippen molar-refractivity contribution in [1.29, 1.82) is 0 Å². The van der Waals surface area contributed by atoms with Crippen molar-refractivity contribution in [3.8, 4) is 5.82 Å². The van der Waals surface area contributed by atoms with Gasteiger partial charge in [0.1, 0.15) is 10.8 Å². The topological polar surface area (TPSA) is 56.7 Å². The van der Waals surface area contributed by atoms with E-state index in [0.717, 1.165) is 11.4 Å². The number of hydrogen-bond acceptors (Lipinski definition) is 3. The molecule has 2 aromatic rings. The number of hydrogen-bond donors (Lipinski definition) is 1. The van der Waals surface area contributed by atoms with Gasteiger partial charge in [0, 0.05) is 18.6 Å². The summed E-state index contributed by atoms with van der Waals surface area (Å²) in [6.45, 7) is 1.98. The summed E-state index contributed by atoms with van der Waals surface area (Å²) >= 11 is 4.91. The van der Waals surface area contributed by atoms with Gasteiger partial charge in [-0.3, -0.25) is 4.57 Å². The summed E-state index contributed by atoms with van der Waals surface area (Å²) in [5.41, 5.74) is 6.62. The molecule has 4 nitrogen and oxygen atoms in total. The first-order valence-corrected chi connectivity index (χ1v) is 4.86. The van der Waals surface area contributed by atoms with E-state index in [4.69, 9.17) is 18.0 Å². The Balaban J connectivity index is 2.59. The van der Waals surface area contributed by atoms with Gasteiger partial charge in [-0.2, -0.15) is 0 Å². The first-order chi connectivity index (χ1) is 7.20. The summed E-state index contributed by atoms with van der Waals surface area (Å²) in [5.74, 6) is 1.37. The van der Waals surface area contributed by atoms with Crippen LogP contribution < -0.4 is 5.73 Å². The summed E-state index contributed by atoms with van der Waals surface area (Å²) in [6.07, 6.45) is 5.18. The Morgan fingerprint density at radius 3 is 2.87 bits per heavy atom. The monoisotopic (exact) mass is 218 g/mol. The van der Waals surface area contributed by atoms with Crippen LogP contribution in [0.25, 0.3) is 5.82 Å². The van der Waals surface area contributed by atoms with Gasteiger partial charge in [-0.1, -0.05) is 18.3 Å². The van der Waals surface area contributed by atoms with E-state index >= 15 is 0 Å². The van der Waals surface area contributed by atoms with E-state index in [2.05, 4.69) is 9.97 Å².